The van der Waals surface area contributed by atoms with Gasteiger partial charge in [0.1, 0.15) is 0 Å². The molecule has 0 fully saturated rings. The first kappa shape index (κ1) is 14.7. The van der Waals surface area contributed by atoms with E-state index >= 15 is 0 Å². The number of hydrogen-bond acceptors (Lipinski definition) is 3. The zero-order valence-corrected chi connectivity index (χ0v) is 11.3. The third-order valence-electron chi connectivity index (χ3n) is 2.74. The Balaban J connectivity index is 2.54. The molecule has 0 aliphatic rings. The molecule has 1 unspecified atom stereocenters. The van der Waals surface area contributed by atoms with Crippen molar-refractivity contribution >= 4 is 5.91 Å². The Labute approximate surface area is 108 Å². The number of hydrazine groups is 1. The first-order valence-electron chi connectivity index (χ1n) is 6.21. The van der Waals surface area contributed by atoms with Crippen molar-refractivity contribution < 1.29 is 9.53 Å². The molecular formula is C14H22N2O2. The third kappa shape index (κ3) is 4.47. The summed E-state index contributed by atoms with van der Waals surface area (Å²) in [5.41, 5.74) is 4.22. The topological polar surface area (TPSA) is 64.3 Å². The number of ether oxygens (including phenoxy) is 1. The summed E-state index contributed by atoms with van der Waals surface area (Å²) < 4.78 is 5.55. The molecule has 0 aliphatic heterocycles. The van der Waals surface area contributed by atoms with Crippen molar-refractivity contribution in [1.82, 2.24) is 5.43 Å². The molecular weight excluding hydrogens is 228 g/mol. The fraction of sp³-hybridized carbons (Fsp3) is 0.500. The van der Waals surface area contributed by atoms with Crippen LogP contribution >= 0.6 is 0 Å². The summed E-state index contributed by atoms with van der Waals surface area (Å²) in [4.78, 5) is 11.4. The molecule has 3 N–H and O–H groups in total. The lowest BCUT2D eigenvalue weighted by atomic mass is 9.99. The van der Waals surface area contributed by atoms with Crippen molar-refractivity contribution in [1.29, 1.82) is 0 Å². The van der Waals surface area contributed by atoms with Crippen LogP contribution in [0.1, 0.15) is 37.8 Å². The van der Waals surface area contributed by atoms with Gasteiger partial charge in [0.15, 0.2) is 0 Å². The van der Waals surface area contributed by atoms with E-state index in [0.717, 1.165) is 17.7 Å². The maximum Gasteiger partial charge on any atom is 0.241 e. The second kappa shape index (κ2) is 7.13. The zero-order valence-electron chi connectivity index (χ0n) is 11.3. The highest BCUT2D eigenvalue weighted by Crippen LogP contribution is 2.16. The van der Waals surface area contributed by atoms with Gasteiger partial charge in [0.2, 0.25) is 5.91 Å². The molecule has 1 amide bonds. The lowest BCUT2D eigenvalue weighted by Crippen LogP contribution is -2.33. The first-order valence-corrected chi connectivity index (χ1v) is 6.21. The van der Waals surface area contributed by atoms with Crippen LogP contribution in [0.4, 0.5) is 0 Å². The number of nitrogens with one attached hydrogen (secondary N) is 1. The van der Waals surface area contributed by atoms with E-state index in [1.54, 1.807) is 0 Å². The molecule has 0 saturated carbocycles. The molecule has 0 aliphatic carbocycles. The molecule has 0 spiro atoms. The number of carbonyl (C=O) groups excluding carboxylic acids is 1. The van der Waals surface area contributed by atoms with Crippen molar-refractivity contribution in [3.63, 3.8) is 0 Å². The molecule has 18 heavy (non-hydrogen) atoms. The van der Waals surface area contributed by atoms with Gasteiger partial charge < -0.3 is 4.74 Å². The van der Waals surface area contributed by atoms with Crippen LogP contribution in [0.5, 0.6) is 0 Å². The third-order valence-corrected chi connectivity index (χ3v) is 2.74. The lowest BCUT2D eigenvalue weighted by Gasteiger charge is -2.11. The summed E-state index contributed by atoms with van der Waals surface area (Å²) in [6.45, 7) is 7.43. The summed E-state index contributed by atoms with van der Waals surface area (Å²) in [6, 6.07) is 7.84. The minimum Gasteiger partial charge on any atom is -0.377 e. The molecule has 0 aromatic heterocycles. The molecule has 1 aromatic rings. The molecule has 0 heterocycles. The Morgan fingerprint density at radius 3 is 2.39 bits per heavy atom. The maximum absolute atomic E-state index is 11.4. The number of rotatable bonds is 6. The minimum absolute atomic E-state index is 0.182. The second-order valence-corrected chi connectivity index (χ2v) is 4.88. The molecule has 100 valence electrons. The summed E-state index contributed by atoms with van der Waals surface area (Å²) in [5.74, 6) is 5.24. The van der Waals surface area contributed by atoms with Crippen molar-refractivity contribution in [2.75, 3.05) is 6.61 Å². The van der Waals surface area contributed by atoms with Crippen LogP contribution in [0.2, 0.25) is 0 Å². The van der Waals surface area contributed by atoms with Crippen molar-refractivity contribution in [2.24, 2.45) is 11.8 Å². The largest absolute Gasteiger partial charge is 0.377 e. The van der Waals surface area contributed by atoms with Gasteiger partial charge in [0.05, 0.1) is 12.5 Å². The van der Waals surface area contributed by atoms with Crippen LogP contribution in [0.15, 0.2) is 24.3 Å². The number of carbonyl (C=O) groups is 1. The monoisotopic (exact) mass is 250 g/mol. The minimum atomic E-state index is -0.236. The first-order chi connectivity index (χ1) is 8.54. The highest BCUT2D eigenvalue weighted by atomic mass is 16.5. The highest BCUT2D eigenvalue weighted by molar-refractivity contribution is 5.82. The molecule has 0 radical (unpaired) electrons. The predicted molar refractivity (Wildman–Crippen MR) is 71.7 cm³/mol. The van der Waals surface area contributed by atoms with Gasteiger partial charge in [-0.2, -0.15) is 0 Å². The fourth-order valence-corrected chi connectivity index (χ4v) is 1.59. The Morgan fingerprint density at radius 1 is 1.28 bits per heavy atom. The van der Waals surface area contributed by atoms with E-state index in [9.17, 15) is 4.79 Å². The Bertz CT molecular complexity index is 374. The normalized spacial score (nSPS) is 12.5. The van der Waals surface area contributed by atoms with E-state index in [2.05, 4.69) is 19.3 Å². The molecule has 4 nitrogen and oxygen atoms in total. The Kier molecular flexibility index (Phi) is 5.82. The summed E-state index contributed by atoms with van der Waals surface area (Å²) in [5, 5.41) is 0. The average molecular weight is 250 g/mol. The van der Waals surface area contributed by atoms with E-state index in [-0.39, 0.29) is 11.8 Å². The summed E-state index contributed by atoms with van der Waals surface area (Å²) in [7, 11) is 0. The Hall–Kier alpha value is -1.39. The average Bonchev–Trinajstić information content (AvgIpc) is 2.37. The van der Waals surface area contributed by atoms with Crippen LogP contribution in [-0.2, 0) is 16.1 Å². The molecule has 1 rings (SSSR count). The summed E-state index contributed by atoms with van der Waals surface area (Å²) in [6.07, 6.45) is 0. The fourth-order valence-electron chi connectivity index (χ4n) is 1.59. The van der Waals surface area contributed by atoms with Crippen molar-refractivity contribution in [3.8, 4) is 0 Å². The number of nitrogens with two attached hydrogens (primary N) is 1. The predicted octanol–water partition coefficient (Wildman–Crippen LogP) is 1.95. The van der Waals surface area contributed by atoms with Gasteiger partial charge in [-0.1, -0.05) is 38.1 Å². The van der Waals surface area contributed by atoms with E-state index in [1.165, 1.54) is 0 Å². The highest BCUT2D eigenvalue weighted by Gasteiger charge is 2.13. The van der Waals surface area contributed by atoms with Gasteiger partial charge in [-0.3, -0.25) is 10.2 Å². The molecule has 4 heteroatoms. The van der Waals surface area contributed by atoms with Crippen LogP contribution < -0.4 is 11.3 Å². The van der Waals surface area contributed by atoms with Gasteiger partial charge in [-0.15, -0.1) is 0 Å². The van der Waals surface area contributed by atoms with E-state index in [4.69, 9.17) is 10.6 Å². The van der Waals surface area contributed by atoms with Crippen molar-refractivity contribution in [3.05, 3.63) is 35.4 Å². The molecule has 0 bridgehead atoms. The van der Waals surface area contributed by atoms with Crippen LogP contribution in [-0.4, -0.2) is 12.5 Å². The zero-order chi connectivity index (χ0) is 13.5. The van der Waals surface area contributed by atoms with Crippen LogP contribution in [0.25, 0.3) is 0 Å². The van der Waals surface area contributed by atoms with Gasteiger partial charge in [-0.25, -0.2) is 5.84 Å². The smallest absolute Gasteiger partial charge is 0.241 e. The maximum atomic E-state index is 11.4. The van der Waals surface area contributed by atoms with Gasteiger partial charge in [-0.05, 0) is 24.0 Å². The summed E-state index contributed by atoms with van der Waals surface area (Å²) >= 11 is 0. The Morgan fingerprint density at radius 2 is 1.89 bits per heavy atom. The van der Waals surface area contributed by atoms with E-state index in [1.807, 2.05) is 31.2 Å². The van der Waals surface area contributed by atoms with Gasteiger partial charge in [0.25, 0.3) is 0 Å². The molecule has 1 atom stereocenters. The standard InChI is InChI=1S/C14H22N2O2/c1-10(2)8-18-9-12-4-6-13(7-5-12)11(3)14(17)16-15/h4-7,10-11H,8-9,15H2,1-3H3,(H,16,17). The van der Waals surface area contributed by atoms with Crippen LogP contribution in [0, 0.1) is 5.92 Å². The van der Waals surface area contributed by atoms with Crippen molar-refractivity contribution in [2.45, 2.75) is 33.3 Å². The van der Waals surface area contributed by atoms with Gasteiger partial charge in [0, 0.05) is 6.61 Å². The second-order valence-electron chi connectivity index (χ2n) is 4.88. The number of benzene rings is 1. The van der Waals surface area contributed by atoms with Crippen LogP contribution in [0.3, 0.4) is 0 Å². The molecule has 1 aromatic carbocycles. The molecule has 0 saturated heterocycles. The van der Waals surface area contributed by atoms with E-state index < -0.39 is 0 Å². The lowest BCUT2D eigenvalue weighted by molar-refractivity contribution is -0.122. The quantitative estimate of drug-likeness (QED) is 0.461. The number of hydrogen-bond donors (Lipinski definition) is 2. The van der Waals surface area contributed by atoms with Gasteiger partial charge >= 0.3 is 0 Å². The van der Waals surface area contributed by atoms with E-state index in [0.29, 0.717) is 12.5 Å². The SMILES string of the molecule is CC(C)COCc1ccc(C(C)C(=O)NN)cc1. The number of amides is 1.